The Morgan fingerprint density at radius 3 is 2.13 bits per heavy atom. The summed E-state index contributed by atoms with van der Waals surface area (Å²) in [6.45, 7) is 19.2. The van der Waals surface area contributed by atoms with Gasteiger partial charge in [0.15, 0.2) is 0 Å². The Morgan fingerprint density at radius 1 is 0.968 bits per heavy atom. The molecule has 0 spiro atoms. The first-order valence-corrected chi connectivity index (χ1v) is 10.4. The quantitative estimate of drug-likeness (QED) is 0.459. The first-order valence-electron chi connectivity index (χ1n) is 10.4. The Hall–Kier alpha value is -3.14. The molecule has 1 unspecified atom stereocenters. The van der Waals surface area contributed by atoms with Crippen molar-refractivity contribution in [3.05, 3.63) is 65.0 Å². The van der Waals surface area contributed by atoms with Crippen LogP contribution in [0.15, 0.2) is 36.4 Å². The predicted octanol–water partition coefficient (Wildman–Crippen LogP) is 6.71. The molecule has 7 heteroatoms. The van der Waals surface area contributed by atoms with E-state index >= 15 is 0 Å². The van der Waals surface area contributed by atoms with Crippen LogP contribution in [0, 0.1) is 30.0 Å². The highest BCUT2D eigenvalue weighted by Crippen LogP contribution is 2.32. The number of halogens is 2. The molecule has 0 aromatic heterocycles. The fraction of sp³-hybridized carbons (Fsp3) is 0.417. The third-order valence-electron chi connectivity index (χ3n) is 4.64. The van der Waals surface area contributed by atoms with Gasteiger partial charge in [-0.25, -0.2) is 20.1 Å². The van der Waals surface area contributed by atoms with Crippen LogP contribution >= 0.6 is 0 Å². The van der Waals surface area contributed by atoms with E-state index in [2.05, 4.69) is 48.1 Å². The summed E-state index contributed by atoms with van der Waals surface area (Å²) >= 11 is 0. The van der Waals surface area contributed by atoms with E-state index in [0.717, 1.165) is 30.4 Å². The number of hydrogen-bond acceptors (Lipinski definition) is 2. The molecule has 2 rings (SSSR count). The lowest BCUT2D eigenvalue weighted by Gasteiger charge is -2.30. The molecular weight excluding hydrogens is 398 g/mol. The van der Waals surface area contributed by atoms with Gasteiger partial charge in [-0.2, -0.15) is 0 Å². The number of nitrogens with one attached hydrogen (secondary N) is 2. The lowest BCUT2D eigenvalue weighted by atomic mass is 10.0. The van der Waals surface area contributed by atoms with Crippen LogP contribution in [0.2, 0.25) is 0 Å². The predicted molar refractivity (Wildman–Crippen MR) is 122 cm³/mol. The molecule has 0 fully saturated rings. The largest absolute Gasteiger partial charge is 0.369 e. The number of nitrogens with zero attached hydrogens (tertiary/aromatic N) is 2. The Balaban J connectivity index is 2.38. The number of carbonyl (C=O) groups excluding carboxylic acids is 1. The normalized spacial score (nSPS) is 11.9. The smallest absolute Gasteiger partial charge is 0.323 e. The highest BCUT2D eigenvalue weighted by atomic mass is 19.1. The van der Waals surface area contributed by atoms with Gasteiger partial charge in [0, 0.05) is 31.6 Å². The van der Waals surface area contributed by atoms with E-state index < -0.39 is 17.7 Å². The summed E-state index contributed by atoms with van der Waals surface area (Å²) in [5, 5.41) is 5.22. The average molecular weight is 429 g/mol. The summed E-state index contributed by atoms with van der Waals surface area (Å²) in [5.74, 6) is -0.775. The molecule has 0 saturated heterocycles. The van der Waals surface area contributed by atoms with Crippen LogP contribution in [0.5, 0.6) is 0 Å². The second-order valence-electron chi connectivity index (χ2n) is 8.48. The van der Waals surface area contributed by atoms with Crippen molar-refractivity contribution in [3.63, 3.8) is 0 Å². The highest BCUT2D eigenvalue weighted by molar-refractivity contribution is 6.02. The Bertz CT molecular complexity index is 943. The molecule has 2 aromatic rings. The van der Waals surface area contributed by atoms with Crippen molar-refractivity contribution >= 4 is 23.1 Å². The van der Waals surface area contributed by atoms with Crippen LogP contribution in [0.3, 0.4) is 0 Å². The van der Waals surface area contributed by atoms with Gasteiger partial charge in [0.05, 0.1) is 17.1 Å². The molecule has 2 aromatic carbocycles. The van der Waals surface area contributed by atoms with Crippen LogP contribution in [0.4, 0.5) is 30.6 Å². The molecule has 0 aliphatic heterocycles. The zero-order chi connectivity index (χ0) is 23.1. The van der Waals surface area contributed by atoms with Crippen molar-refractivity contribution in [1.29, 1.82) is 0 Å². The zero-order valence-corrected chi connectivity index (χ0v) is 18.7. The van der Waals surface area contributed by atoms with Gasteiger partial charge in [0.25, 0.3) is 0 Å². The molecule has 5 nitrogen and oxygen atoms in total. The molecule has 0 aliphatic rings. The molecule has 0 aliphatic carbocycles. The minimum atomic E-state index is -0.855. The zero-order valence-electron chi connectivity index (χ0n) is 18.7. The van der Waals surface area contributed by atoms with E-state index in [4.69, 9.17) is 6.57 Å². The molecule has 31 heavy (non-hydrogen) atoms. The topological polar surface area (TPSA) is 48.7 Å². The third-order valence-corrected chi connectivity index (χ3v) is 4.64. The lowest BCUT2D eigenvalue weighted by molar-refractivity contribution is 0.262. The summed E-state index contributed by atoms with van der Waals surface area (Å²) < 4.78 is 27.1. The number of amides is 2. The van der Waals surface area contributed by atoms with Crippen molar-refractivity contribution < 1.29 is 13.6 Å². The minimum Gasteiger partial charge on any atom is -0.369 e. The maximum atomic E-state index is 13.9. The number of anilines is 3. The van der Waals surface area contributed by atoms with E-state index in [0.29, 0.717) is 23.6 Å². The van der Waals surface area contributed by atoms with Crippen molar-refractivity contribution in [2.24, 2.45) is 11.8 Å². The summed E-state index contributed by atoms with van der Waals surface area (Å²) in [7, 11) is 0. The van der Waals surface area contributed by atoms with Gasteiger partial charge in [-0.05, 0) is 42.2 Å². The van der Waals surface area contributed by atoms with Gasteiger partial charge in [0.2, 0.25) is 6.04 Å². The molecule has 0 heterocycles. The molecular formula is C24H30F2N4O. The molecule has 2 N–H and O–H groups in total. The van der Waals surface area contributed by atoms with Crippen molar-refractivity contribution in [2.45, 2.75) is 40.7 Å². The number of hydrogen-bond donors (Lipinski definition) is 2. The third kappa shape index (κ3) is 6.95. The van der Waals surface area contributed by atoms with E-state index in [1.165, 1.54) is 6.07 Å². The summed E-state index contributed by atoms with van der Waals surface area (Å²) in [5.41, 5.74) is 2.02. The summed E-state index contributed by atoms with van der Waals surface area (Å²) in [6.07, 6.45) is 0. The van der Waals surface area contributed by atoms with Gasteiger partial charge in [-0.1, -0.05) is 27.7 Å². The van der Waals surface area contributed by atoms with Gasteiger partial charge in [-0.15, -0.1) is 0 Å². The fourth-order valence-corrected chi connectivity index (χ4v) is 3.28. The second kappa shape index (κ2) is 10.8. The number of rotatable bonds is 8. The van der Waals surface area contributed by atoms with Crippen molar-refractivity contribution in [1.82, 2.24) is 0 Å². The summed E-state index contributed by atoms with van der Waals surface area (Å²) in [6, 6.07) is 7.55. The minimum absolute atomic E-state index is 0.118. The van der Waals surface area contributed by atoms with Gasteiger partial charge < -0.3 is 20.4 Å². The van der Waals surface area contributed by atoms with Crippen LogP contribution in [0.25, 0.3) is 4.85 Å². The standard InChI is InChI=1S/C24H30F2N4O/c1-15(2)13-30(14-16(3)4)23-10-7-18(17(5)27-6)11-22(23)29-24(31)28-21-9-8-19(25)12-20(21)26/h7-12,15-17H,13-14H2,1-5H3,(H2,28,29,31). The molecule has 1 atom stereocenters. The maximum Gasteiger partial charge on any atom is 0.323 e. The SMILES string of the molecule is [C-]#[N+]C(C)c1ccc(N(CC(C)C)CC(C)C)c(NC(=O)Nc2ccc(F)cc2F)c1. The van der Waals surface area contributed by atoms with Crippen LogP contribution < -0.4 is 15.5 Å². The van der Waals surface area contributed by atoms with Gasteiger partial charge >= 0.3 is 6.03 Å². The molecule has 2 amide bonds. The van der Waals surface area contributed by atoms with E-state index in [-0.39, 0.29) is 11.7 Å². The number of carbonyl (C=O) groups is 1. The monoisotopic (exact) mass is 428 g/mol. The van der Waals surface area contributed by atoms with Crippen LogP contribution in [-0.4, -0.2) is 19.1 Å². The number of benzene rings is 2. The average Bonchev–Trinajstić information content (AvgIpc) is 2.68. The Labute approximate surface area is 183 Å². The van der Waals surface area contributed by atoms with Crippen LogP contribution in [0.1, 0.15) is 46.2 Å². The molecule has 0 saturated carbocycles. The van der Waals surface area contributed by atoms with E-state index in [1.807, 2.05) is 12.1 Å². The van der Waals surface area contributed by atoms with E-state index in [1.54, 1.807) is 13.0 Å². The first-order chi connectivity index (χ1) is 14.6. The Kier molecular flexibility index (Phi) is 8.38. The first kappa shape index (κ1) is 24.1. The second-order valence-corrected chi connectivity index (χ2v) is 8.48. The Morgan fingerprint density at radius 2 is 1.58 bits per heavy atom. The fourth-order valence-electron chi connectivity index (χ4n) is 3.28. The highest BCUT2D eigenvalue weighted by Gasteiger charge is 2.19. The molecule has 0 bridgehead atoms. The van der Waals surface area contributed by atoms with Gasteiger partial charge in [-0.3, -0.25) is 0 Å². The number of urea groups is 1. The lowest BCUT2D eigenvalue weighted by Crippen LogP contribution is -2.32. The van der Waals surface area contributed by atoms with Gasteiger partial charge in [0.1, 0.15) is 11.6 Å². The maximum absolute atomic E-state index is 13.9. The molecule has 0 radical (unpaired) electrons. The van der Waals surface area contributed by atoms with Crippen LogP contribution in [-0.2, 0) is 0 Å². The summed E-state index contributed by atoms with van der Waals surface area (Å²) in [4.78, 5) is 18.4. The van der Waals surface area contributed by atoms with E-state index in [9.17, 15) is 13.6 Å². The van der Waals surface area contributed by atoms with Crippen molar-refractivity contribution in [2.75, 3.05) is 28.6 Å². The van der Waals surface area contributed by atoms with Crippen molar-refractivity contribution in [3.8, 4) is 0 Å². The molecule has 166 valence electrons.